The van der Waals surface area contributed by atoms with E-state index in [-0.39, 0.29) is 6.03 Å². The van der Waals surface area contributed by atoms with E-state index >= 15 is 0 Å². The van der Waals surface area contributed by atoms with Crippen molar-refractivity contribution in [3.8, 4) is 0 Å². The first-order chi connectivity index (χ1) is 7.22. The molecule has 1 N–H and O–H groups in total. The van der Waals surface area contributed by atoms with Crippen LogP contribution >= 0.6 is 0 Å². The third-order valence-corrected chi connectivity index (χ3v) is 2.73. The van der Waals surface area contributed by atoms with Gasteiger partial charge in [0.2, 0.25) is 0 Å². The summed E-state index contributed by atoms with van der Waals surface area (Å²) in [6, 6.07) is 6.16. The van der Waals surface area contributed by atoms with Crippen LogP contribution in [-0.2, 0) is 6.54 Å². The van der Waals surface area contributed by atoms with Gasteiger partial charge in [-0.15, -0.1) is 0 Å². The van der Waals surface area contributed by atoms with Crippen LogP contribution in [-0.4, -0.2) is 17.5 Å². The van der Waals surface area contributed by atoms with Crippen LogP contribution in [0.2, 0.25) is 0 Å². The molecule has 2 rings (SSSR count). The molecular weight excluding hydrogens is 188 g/mol. The number of carbonyl (C=O) groups is 1. The number of rotatable bonds is 2. The predicted molar refractivity (Wildman–Crippen MR) is 60.9 cm³/mol. The summed E-state index contributed by atoms with van der Waals surface area (Å²) in [5.41, 5.74) is 3.34. The van der Waals surface area contributed by atoms with Crippen LogP contribution in [0.25, 0.3) is 0 Å². The zero-order chi connectivity index (χ0) is 10.8. The van der Waals surface area contributed by atoms with E-state index in [0.29, 0.717) is 0 Å². The molecule has 1 aliphatic heterocycles. The lowest BCUT2D eigenvalue weighted by Crippen LogP contribution is -2.39. The standard InChI is InChI=1S/C12H16N2O/c1-3-7-14-8-10-6-4-5-9(2)11(10)13-12(14)15/h4-6H,3,7-8H2,1-2H3,(H,13,15). The number of carbonyl (C=O) groups excluding carboxylic acids is 1. The largest absolute Gasteiger partial charge is 0.322 e. The Hall–Kier alpha value is -1.51. The molecule has 3 heteroatoms. The van der Waals surface area contributed by atoms with E-state index in [4.69, 9.17) is 0 Å². The molecule has 0 spiro atoms. The number of anilines is 1. The molecule has 0 radical (unpaired) electrons. The Morgan fingerprint density at radius 1 is 1.47 bits per heavy atom. The zero-order valence-corrected chi connectivity index (χ0v) is 9.21. The second kappa shape index (κ2) is 3.93. The molecule has 1 aromatic carbocycles. The molecule has 0 saturated heterocycles. The summed E-state index contributed by atoms with van der Waals surface area (Å²) >= 11 is 0. The highest BCUT2D eigenvalue weighted by Gasteiger charge is 2.22. The van der Waals surface area contributed by atoms with Gasteiger partial charge in [-0.3, -0.25) is 0 Å². The average molecular weight is 204 g/mol. The van der Waals surface area contributed by atoms with E-state index < -0.39 is 0 Å². The fourth-order valence-electron chi connectivity index (χ4n) is 1.95. The molecule has 0 saturated carbocycles. The molecule has 80 valence electrons. The van der Waals surface area contributed by atoms with E-state index in [0.717, 1.165) is 30.8 Å². The molecule has 1 heterocycles. The van der Waals surface area contributed by atoms with Crippen molar-refractivity contribution < 1.29 is 4.79 Å². The highest BCUT2D eigenvalue weighted by atomic mass is 16.2. The Kier molecular flexibility index (Phi) is 2.62. The number of nitrogens with one attached hydrogen (secondary N) is 1. The van der Waals surface area contributed by atoms with Gasteiger partial charge in [0.25, 0.3) is 0 Å². The minimum Gasteiger partial charge on any atom is -0.320 e. The minimum atomic E-state index is 0.0265. The first kappa shape index (κ1) is 10.0. The summed E-state index contributed by atoms with van der Waals surface area (Å²) in [7, 11) is 0. The lowest BCUT2D eigenvalue weighted by atomic mass is 10.1. The molecule has 0 aliphatic carbocycles. The molecule has 1 aromatic rings. The molecular formula is C12H16N2O. The quantitative estimate of drug-likeness (QED) is 0.789. The molecule has 3 nitrogen and oxygen atoms in total. The van der Waals surface area contributed by atoms with Crippen molar-refractivity contribution in [2.24, 2.45) is 0 Å². The van der Waals surface area contributed by atoms with Crippen LogP contribution < -0.4 is 5.32 Å². The topological polar surface area (TPSA) is 32.3 Å². The zero-order valence-electron chi connectivity index (χ0n) is 9.21. The van der Waals surface area contributed by atoms with Gasteiger partial charge in [0.1, 0.15) is 0 Å². The second-order valence-electron chi connectivity index (χ2n) is 3.96. The number of fused-ring (bicyclic) bond motifs is 1. The van der Waals surface area contributed by atoms with Gasteiger partial charge in [-0.1, -0.05) is 25.1 Å². The molecule has 15 heavy (non-hydrogen) atoms. The molecule has 1 aliphatic rings. The fourth-order valence-corrected chi connectivity index (χ4v) is 1.95. The third kappa shape index (κ3) is 1.82. The summed E-state index contributed by atoms with van der Waals surface area (Å²) in [6.07, 6.45) is 0.995. The summed E-state index contributed by atoms with van der Waals surface area (Å²) in [5.74, 6) is 0. The van der Waals surface area contributed by atoms with E-state index in [2.05, 4.69) is 18.3 Å². The van der Waals surface area contributed by atoms with E-state index in [1.165, 1.54) is 5.56 Å². The summed E-state index contributed by atoms with van der Waals surface area (Å²) in [4.78, 5) is 13.6. The average Bonchev–Trinajstić information content (AvgIpc) is 2.21. The molecule has 0 atom stereocenters. The van der Waals surface area contributed by atoms with Gasteiger partial charge >= 0.3 is 6.03 Å². The number of nitrogens with zero attached hydrogens (tertiary/aromatic N) is 1. The Balaban J connectivity index is 2.30. The summed E-state index contributed by atoms with van der Waals surface area (Å²) in [6.45, 7) is 5.66. The lowest BCUT2D eigenvalue weighted by molar-refractivity contribution is 0.206. The van der Waals surface area contributed by atoms with E-state index in [1.54, 1.807) is 0 Å². The van der Waals surface area contributed by atoms with Crippen LogP contribution in [0, 0.1) is 6.92 Å². The van der Waals surface area contributed by atoms with E-state index in [9.17, 15) is 4.79 Å². The molecule has 0 fully saturated rings. The van der Waals surface area contributed by atoms with E-state index in [1.807, 2.05) is 24.0 Å². The molecule has 0 aromatic heterocycles. The van der Waals surface area contributed by atoms with Crippen LogP contribution in [0.4, 0.5) is 10.5 Å². The fraction of sp³-hybridized carbons (Fsp3) is 0.417. The predicted octanol–water partition coefficient (Wildman–Crippen LogP) is 2.75. The molecule has 2 amide bonds. The van der Waals surface area contributed by atoms with Crippen molar-refractivity contribution >= 4 is 11.7 Å². The Morgan fingerprint density at radius 2 is 2.27 bits per heavy atom. The molecule has 0 unspecified atom stereocenters. The number of urea groups is 1. The summed E-state index contributed by atoms with van der Waals surface area (Å²) in [5, 5.41) is 2.95. The van der Waals surface area contributed by atoms with Crippen molar-refractivity contribution in [1.29, 1.82) is 0 Å². The first-order valence-electron chi connectivity index (χ1n) is 5.36. The summed E-state index contributed by atoms with van der Waals surface area (Å²) < 4.78 is 0. The van der Waals surface area contributed by atoms with Gasteiger partial charge in [-0.05, 0) is 24.5 Å². The van der Waals surface area contributed by atoms with Gasteiger partial charge < -0.3 is 10.2 Å². The van der Waals surface area contributed by atoms with Gasteiger partial charge in [0.05, 0.1) is 5.69 Å². The van der Waals surface area contributed by atoms with Crippen LogP contribution in [0.5, 0.6) is 0 Å². The van der Waals surface area contributed by atoms with Crippen molar-refractivity contribution in [2.45, 2.75) is 26.8 Å². The van der Waals surface area contributed by atoms with Crippen molar-refractivity contribution in [1.82, 2.24) is 4.90 Å². The Labute approximate surface area is 90.1 Å². The molecule has 0 bridgehead atoms. The highest BCUT2D eigenvalue weighted by Crippen LogP contribution is 2.26. The van der Waals surface area contributed by atoms with Crippen LogP contribution in [0.1, 0.15) is 24.5 Å². The monoisotopic (exact) mass is 204 g/mol. The number of para-hydroxylation sites is 1. The highest BCUT2D eigenvalue weighted by molar-refractivity contribution is 5.93. The smallest absolute Gasteiger partial charge is 0.320 e. The maximum Gasteiger partial charge on any atom is 0.322 e. The Morgan fingerprint density at radius 3 is 3.00 bits per heavy atom. The second-order valence-corrected chi connectivity index (χ2v) is 3.96. The van der Waals surface area contributed by atoms with Gasteiger partial charge in [-0.2, -0.15) is 0 Å². The lowest BCUT2D eigenvalue weighted by Gasteiger charge is -2.29. The number of amides is 2. The number of aryl methyl sites for hydroxylation is 1. The van der Waals surface area contributed by atoms with Crippen molar-refractivity contribution in [3.63, 3.8) is 0 Å². The third-order valence-electron chi connectivity index (χ3n) is 2.73. The minimum absolute atomic E-state index is 0.0265. The van der Waals surface area contributed by atoms with Gasteiger partial charge in [-0.25, -0.2) is 4.79 Å². The maximum atomic E-state index is 11.7. The van der Waals surface area contributed by atoms with Crippen LogP contribution in [0.15, 0.2) is 18.2 Å². The Bertz CT molecular complexity index is 387. The SMILES string of the molecule is CCCN1Cc2cccc(C)c2NC1=O. The van der Waals surface area contributed by atoms with Gasteiger partial charge in [0, 0.05) is 13.1 Å². The maximum absolute atomic E-state index is 11.7. The first-order valence-corrected chi connectivity index (χ1v) is 5.36. The van der Waals surface area contributed by atoms with Crippen molar-refractivity contribution in [3.05, 3.63) is 29.3 Å². The number of hydrogen-bond donors (Lipinski definition) is 1. The van der Waals surface area contributed by atoms with Crippen LogP contribution in [0.3, 0.4) is 0 Å². The number of benzene rings is 1. The van der Waals surface area contributed by atoms with Crippen molar-refractivity contribution in [2.75, 3.05) is 11.9 Å². The van der Waals surface area contributed by atoms with Gasteiger partial charge in [0.15, 0.2) is 0 Å². The number of hydrogen-bond acceptors (Lipinski definition) is 1. The normalized spacial score (nSPS) is 14.8.